The van der Waals surface area contributed by atoms with E-state index in [1.807, 2.05) is 6.92 Å². The van der Waals surface area contributed by atoms with Crippen LogP contribution in [0.3, 0.4) is 0 Å². The average molecular weight is 523 g/mol. The molecule has 1 fully saturated rings. The van der Waals surface area contributed by atoms with Gasteiger partial charge in [0.1, 0.15) is 11.6 Å². The first kappa shape index (κ1) is 26.3. The molecule has 1 N–H and O–H groups in total. The van der Waals surface area contributed by atoms with Crippen LogP contribution < -0.4 is 5.32 Å². The fourth-order valence-corrected chi connectivity index (χ4v) is 5.96. The number of fused-ring (bicyclic) bond motifs is 1. The summed E-state index contributed by atoms with van der Waals surface area (Å²) in [6, 6.07) is 8.95. The molecule has 2 unspecified atom stereocenters. The van der Waals surface area contributed by atoms with E-state index >= 15 is 0 Å². The second-order valence-corrected chi connectivity index (χ2v) is 10.9. The summed E-state index contributed by atoms with van der Waals surface area (Å²) >= 11 is 0. The first-order valence-corrected chi connectivity index (χ1v) is 13.4. The number of rotatable bonds is 5. The molecule has 1 saturated carbocycles. The Labute approximate surface area is 221 Å². The van der Waals surface area contributed by atoms with Crippen LogP contribution in [0.25, 0.3) is 11.4 Å². The van der Waals surface area contributed by atoms with Gasteiger partial charge in [-0.2, -0.15) is 13.2 Å². The highest BCUT2D eigenvalue weighted by Gasteiger charge is 2.37. The number of nitrogens with zero attached hydrogens (tertiary/aromatic N) is 3. The summed E-state index contributed by atoms with van der Waals surface area (Å²) in [5.41, 5.74) is 2.97. The Balaban J connectivity index is 1.22. The lowest BCUT2D eigenvalue weighted by Crippen LogP contribution is -2.42. The summed E-state index contributed by atoms with van der Waals surface area (Å²) in [5.74, 6) is 1.60. The van der Waals surface area contributed by atoms with Crippen molar-refractivity contribution >= 4 is 11.6 Å². The van der Waals surface area contributed by atoms with E-state index < -0.39 is 17.7 Å². The second-order valence-electron chi connectivity index (χ2n) is 10.9. The highest BCUT2D eigenvalue weighted by Crippen LogP contribution is 2.42. The number of hydrogen-bond donors (Lipinski definition) is 1. The number of carbonyl (C=O) groups is 1. The van der Waals surface area contributed by atoms with Gasteiger partial charge in [-0.15, -0.1) is 0 Å². The third-order valence-corrected chi connectivity index (χ3v) is 8.36. The van der Waals surface area contributed by atoms with Crippen molar-refractivity contribution in [1.29, 1.82) is 0 Å². The molecule has 5 nitrogen and oxygen atoms in total. The number of pyridine rings is 1. The first-order valence-electron chi connectivity index (χ1n) is 13.4. The number of halogens is 3. The van der Waals surface area contributed by atoms with Gasteiger partial charge in [-0.1, -0.05) is 25.5 Å². The van der Waals surface area contributed by atoms with E-state index in [9.17, 15) is 18.0 Å². The molecule has 0 saturated heterocycles. The molecule has 5 rings (SSSR count). The summed E-state index contributed by atoms with van der Waals surface area (Å²) < 4.78 is 38.7. The van der Waals surface area contributed by atoms with Gasteiger partial charge >= 0.3 is 6.18 Å². The number of aryl methyl sites for hydroxylation is 2. The van der Waals surface area contributed by atoms with Gasteiger partial charge < -0.3 is 5.32 Å². The van der Waals surface area contributed by atoms with Gasteiger partial charge in [0.25, 0.3) is 0 Å². The number of alkyl halides is 3. The number of ketones is 1. The Kier molecular flexibility index (Phi) is 7.25. The normalized spacial score (nSPS) is 22.3. The number of nitrogens with one attached hydrogen (secondary N) is 1. The molecule has 1 spiro atoms. The zero-order valence-electron chi connectivity index (χ0n) is 21.8. The highest BCUT2D eigenvalue weighted by molar-refractivity contribution is 5.85. The van der Waals surface area contributed by atoms with Crippen LogP contribution in [0.4, 0.5) is 19.0 Å². The zero-order chi connectivity index (χ0) is 26.9. The van der Waals surface area contributed by atoms with Crippen LogP contribution in [0.15, 0.2) is 48.8 Å². The molecule has 2 aromatic heterocycles. The lowest BCUT2D eigenvalue weighted by Gasteiger charge is -2.39. The maximum absolute atomic E-state index is 13.1. The number of hydrogen-bond acceptors (Lipinski definition) is 5. The number of aromatic nitrogens is 3. The van der Waals surface area contributed by atoms with Gasteiger partial charge in [-0.05, 0) is 86.8 Å². The molecule has 2 aliphatic rings. The Morgan fingerprint density at radius 2 is 1.84 bits per heavy atom. The molecule has 8 heteroatoms. The third kappa shape index (κ3) is 5.59. The topological polar surface area (TPSA) is 67.8 Å². The van der Waals surface area contributed by atoms with Crippen molar-refractivity contribution < 1.29 is 18.0 Å². The van der Waals surface area contributed by atoms with E-state index in [1.54, 1.807) is 25.4 Å². The van der Waals surface area contributed by atoms with E-state index in [-0.39, 0.29) is 17.2 Å². The van der Waals surface area contributed by atoms with Crippen LogP contribution in [0.1, 0.15) is 80.2 Å². The number of Topliss-reactive ketones (excluding diaryl/α,β-unsaturated/α-hetero) is 1. The molecule has 0 bridgehead atoms. The molecule has 1 aromatic carbocycles. The van der Waals surface area contributed by atoms with Gasteiger partial charge in [-0.25, -0.2) is 15.0 Å². The monoisotopic (exact) mass is 522 g/mol. The predicted molar refractivity (Wildman–Crippen MR) is 141 cm³/mol. The lowest BCUT2D eigenvalue weighted by molar-refractivity contribution is -0.137. The minimum absolute atomic E-state index is 0.0198. The number of benzene rings is 1. The van der Waals surface area contributed by atoms with Crippen molar-refractivity contribution in [3.05, 3.63) is 71.2 Å². The summed E-state index contributed by atoms with van der Waals surface area (Å²) in [6.45, 7) is 3.78. The first-order chi connectivity index (χ1) is 18.1. The molecule has 3 atom stereocenters. The second kappa shape index (κ2) is 10.5. The van der Waals surface area contributed by atoms with Crippen molar-refractivity contribution in [2.75, 3.05) is 5.32 Å². The van der Waals surface area contributed by atoms with Crippen LogP contribution in [0.2, 0.25) is 0 Å². The molecular formula is C30H33F3N4O. The molecule has 200 valence electrons. The quantitative estimate of drug-likeness (QED) is 0.381. The Morgan fingerprint density at radius 3 is 2.55 bits per heavy atom. The number of carbonyl (C=O) groups excluding carboxylic acids is 1. The third-order valence-electron chi connectivity index (χ3n) is 8.36. The van der Waals surface area contributed by atoms with Crippen LogP contribution in [0, 0.1) is 12.8 Å². The van der Waals surface area contributed by atoms with Crippen molar-refractivity contribution in [3.63, 3.8) is 0 Å². The van der Waals surface area contributed by atoms with E-state index in [1.165, 1.54) is 17.7 Å². The molecule has 38 heavy (non-hydrogen) atoms. The van der Waals surface area contributed by atoms with Crippen molar-refractivity contribution in [2.45, 2.75) is 82.8 Å². The summed E-state index contributed by atoms with van der Waals surface area (Å²) in [5, 5.41) is 3.78. The van der Waals surface area contributed by atoms with E-state index in [0.29, 0.717) is 17.8 Å². The molecular weight excluding hydrogens is 489 g/mol. The van der Waals surface area contributed by atoms with Gasteiger partial charge in [0, 0.05) is 35.8 Å². The standard InChI is InChI=1S/C30H33F3N4O/c1-19(22-6-8-24(9-7-22)30(31,32)33)26(38)17-21-5-3-12-29(13-10-21)14-11-23-18-25(20(2)36-27(23)37-29)28-34-15-4-16-35-28/h4,6-9,15-16,18-19,21H,3,5,10-14,17H2,1-2H3,(H,36,37)/t19?,21?,29-/m1/s1. The molecule has 0 radical (unpaired) electrons. The summed E-state index contributed by atoms with van der Waals surface area (Å²) in [4.78, 5) is 26.7. The summed E-state index contributed by atoms with van der Waals surface area (Å²) in [6.07, 6.45) is 6.50. The van der Waals surface area contributed by atoms with Crippen LogP contribution in [0.5, 0.6) is 0 Å². The summed E-state index contributed by atoms with van der Waals surface area (Å²) in [7, 11) is 0. The molecule has 3 aromatic rings. The fourth-order valence-electron chi connectivity index (χ4n) is 5.96. The molecule has 1 aliphatic carbocycles. The number of anilines is 1. The van der Waals surface area contributed by atoms with Crippen LogP contribution in [-0.4, -0.2) is 26.3 Å². The minimum Gasteiger partial charge on any atom is -0.364 e. The lowest BCUT2D eigenvalue weighted by atomic mass is 9.80. The Hall–Kier alpha value is -3.29. The van der Waals surface area contributed by atoms with Gasteiger partial charge in [0.15, 0.2) is 5.82 Å². The maximum atomic E-state index is 13.1. The Morgan fingerprint density at radius 1 is 1.11 bits per heavy atom. The minimum atomic E-state index is -4.37. The van der Waals surface area contributed by atoms with Gasteiger partial charge in [0.05, 0.1) is 11.3 Å². The largest absolute Gasteiger partial charge is 0.416 e. The SMILES string of the molecule is Cc1nc2c(cc1-c1ncccn1)CC[C@]1(CCCC(CC(=O)C(C)c3ccc(C(F)(F)F)cc3)CC1)N2. The zero-order valence-corrected chi connectivity index (χ0v) is 21.8. The Bertz CT molecular complexity index is 1290. The maximum Gasteiger partial charge on any atom is 0.416 e. The van der Waals surface area contributed by atoms with Gasteiger partial charge in [0.2, 0.25) is 0 Å². The molecule has 0 amide bonds. The molecule has 1 aliphatic heterocycles. The van der Waals surface area contributed by atoms with Crippen LogP contribution in [-0.2, 0) is 17.4 Å². The van der Waals surface area contributed by atoms with E-state index in [0.717, 1.165) is 74.2 Å². The molecule has 3 heterocycles. The van der Waals surface area contributed by atoms with Crippen molar-refractivity contribution in [2.24, 2.45) is 5.92 Å². The van der Waals surface area contributed by atoms with E-state index in [4.69, 9.17) is 4.98 Å². The fraction of sp³-hybridized carbons (Fsp3) is 0.467. The van der Waals surface area contributed by atoms with Gasteiger partial charge in [-0.3, -0.25) is 4.79 Å². The average Bonchev–Trinajstić information content (AvgIpc) is 3.09. The van der Waals surface area contributed by atoms with Crippen LogP contribution >= 0.6 is 0 Å². The van der Waals surface area contributed by atoms with Crippen molar-refractivity contribution in [1.82, 2.24) is 15.0 Å². The van der Waals surface area contributed by atoms with E-state index in [2.05, 4.69) is 21.4 Å². The highest BCUT2D eigenvalue weighted by atomic mass is 19.4. The van der Waals surface area contributed by atoms with Crippen molar-refractivity contribution in [3.8, 4) is 11.4 Å². The predicted octanol–water partition coefficient (Wildman–Crippen LogP) is 7.31. The smallest absolute Gasteiger partial charge is 0.364 e.